The fraction of sp³-hybridized carbons (Fsp3) is 0.533. The van der Waals surface area contributed by atoms with E-state index in [9.17, 15) is 0 Å². The third-order valence-corrected chi connectivity index (χ3v) is 8.57. The zero-order chi connectivity index (χ0) is 25.5. The van der Waals surface area contributed by atoms with Gasteiger partial charge in [0.2, 0.25) is 0 Å². The molecule has 1 spiro atoms. The highest BCUT2D eigenvalue weighted by atomic mass is 16.5. The number of methoxy groups -OCH3 is 1. The van der Waals surface area contributed by atoms with Gasteiger partial charge in [0.15, 0.2) is 0 Å². The number of morpholine rings is 1. The summed E-state index contributed by atoms with van der Waals surface area (Å²) < 4.78 is 11.1. The summed E-state index contributed by atoms with van der Waals surface area (Å²) in [4.78, 5) is 17.5. The Hall–Kier alpha value is -2.94. The number of para-hydroxylation sites is 2. The number of aromatic nitrogens is 2. The lowest BCUT2D eigenvalue weighted by atomic mass is 9.72. The molecule has 1 aliphatic carbocycles. The minimum absolute atomic E-state index is 0.344. The standard InChI is InChI=1S/C30H38N6O2/c1-37-27-5-3-2-4-26(27)35-18-30(19-35)20-36(21-30)29-24-16-22(17-31-10-11-34-12-14-38-15-13-34)6-9-25(24)32-28(33-29)23-7-8-23/h2-6,9,16,23,31H,7-8,10-15,17-21H2,1H3. The minimum atomic E-state index is 0.344. The third-order valence-electron chi connectivity index (χ3n) is 8.57. The maximum absolute atomic E-state index is 5.60. The van der Waals surface area contributed by atoms with Gasteiger partial charge < -0.3 is 24.6 Å². The molecule has 7 rings (SSSR count). The summed E-state index contributed by atoms with van der Waals surface area (Å²) in [5.41, 5.74) is 3.92. The molecule has 2 aromatic carbocycles. The van der Waals surface area contributed by atoms with Crippen molar-refractivity contribution in [2.24, 2.45) is 5.41 Å². The average molecular weight is 515 g/mol. The van der Waals surface area contributed by atoms with Crippen LogP contribution in [0.3, 0.4) is 0 Å². The Balaban J connectivity index is 1.04. The van der Waals surface area contributed by atoms with Crippen molar-refractivity contribution in [1.29, 1.82) is 0 Å². The summed E-state index contributed by atoms with van der Waals surface area (Å²) in [6.45, 7) is 10.9. The molecule has 8 heteroatoms. The van der Waals surface area contributed by atoms with Crippen molar-refractivity contribution in [3.63, 3.8) is 0 Å². The summed E-state index contributed by atoms with van der Waals surface area (Å²) >= 11 is 0. The summed E-state index contributed by atoms with van der Waals surface area (Å²) in [5, 5.41) is 4.83. The molecule has 4 aliphatic rings. The number of anilines is 2. The van der Waals surface area contributed by atoms with Gasteiger partial charge in [0.25, 0.3) is 0 Å². The zero-order valence-corrected chi connectivity index (χ0v) is 22.4. The van der Waals surface area contributed by atoms with Gasteiger partial charge in [-0.05, 0) is 42.7 Å². The summed E-state index contributed by atoms with van der Waals surface area (Å²) in [6.07, 6.45) is 2.43. The van der Waals surface area contributed by atoms with Gasteiger partial charge in [0.05, 0.1) is 31.5 Å². The molecule has 4 heterocycles. The average Bonchev–Trinajstić information content (AvgIpc) is 3.76. The van der Waals surface area contributed by atoms with Crippen molar-refractivity contribution in [2.75, 3.05) is 82.5 Å². The van der Waals surface area contributed by atoms with Crippen molar-refractivity contribution in [3.05, 3.63) is 53.9 Å². The molecule has 0 amide bonds. The van der Waals surface area contributed by atoms with Crippen LogP contribution in [0.1, 0.15) is 30.1 Å². The lowest BCUT2D eigenvalue weighted by Crippen LogP contribution is -2.72. The molecule has 0 bridgehead atoms. The Labute approximate surface area is 224 Å². The van der Waals surface area contributed by atoms with E-state index in [1.165, 1.54) is 29.5 Å². The van der Waals surface area contributed by atoms with E-state index in [2.05, 4.69) is 56.4 Å². The molecule has 1 saturated carbocycles. The largest absolute Gasteiger partial charge is 0.495 e. The summed E-state index contributed by atoms with van der Waals surface area (Å²) in [6, 6.07) is 15.1. The van der Waals surface area contributed by atoms with E-state index < -0.39 is 0 Å². The molecule has 1 N–H and O–H groups in total. The van der Waals surface area contributed by atoms with Gasteiger partial charge in [-0.1, -0.05) is 18.2 Å². The molecular weight excluding hydrogens is 476 g/mol. The number of nitrogens with zero attached hydrogens (tertiary/aromatic N) is 5. The molecule has 0 unspecified atom stereocenters. The van der Waals surface area contributed by atoms with Crippen LogP contribution >= 0.6 is 0 Å². The second-order valence-electron chi connectivity index (χ2n) is 11.5. The predicted octanol–water partition coefficient (Wildman–Crippen LogP) is 3.26. The van der Waals surface area contributed by atoms with E-state index in [0.29, 0.717) is 11.3 Å². The van der Waals surface area contributed by atoms with Crippen molar-refractivity contribution in [2.45, 2.75) is 25.3 Å². The number of hydrogen-bond acceptors (Lipinski definition) is 8. The Bertz CT molecular complexity index is 1290. The Kier molecular flexibility index (Phi) is 6.34. The van der Waals surface area contributed by atoms with Crippen LogP contribution in [-0.2, 0) is 11.3 Å². The number of benzene rings is 2. The van der Waals surface area contributed by atoms with Crippen LogP contribution in [0.4, 0.5) is 11.5 Å². The highest BCUT2D eigenvalue weighted by Crippen LogP contribution is 2.47. The van der Waals surface area contributed by atoms with Gasteiger partial charge in [0, 0.05) is 75.6 Å². The third kappa shape index (κ3) is 4.70. The van der Waals surface area contributed by atoms with E-state index in [4.69, 9.17) is 19.4 Å². The molecule has 3 aliphatic heterocycles. The second-order valence-corrected chi connectivity index (χ2v) is 11.5. The van der Waals surface area contributed by atoms with Gasteiger partial charge in [-0.15, -0.1) is 0 Å². The summed E-state index contributed by atoms with van der Waals surface area (Å²) in [5.74, 6) is 3.67. The first-order valence-electron chi connectivity index (χ1n) is 14.1. The Morgan fingerprint density at radius 3 is 2.58 bits per heavy atom. The quantitative estimate of drug-likeness (QED) is 0.437. The number of rotatable bonds is 9. The van der Waals surface area contributed by atoms with Crippen molar-refractivity contribution in [1.82, 2.24) is 20.2 Å². The predicted molar refractivity (Wildman–Crippen MR) is 150 cm³/mol. The van der Waals surface area contributed by atoms with E-state index in [-0.39, 0.29) is 0 Å². The van der Waals surface area contributed by atoms with E-state index in [1.807, 2.05) is 6.07 Å². The second kappa shape index (κ2) is 9.98. The minimum Gasteiger partial charge on any atom is -0.495 e. The SMILES string of the molecule is COc1ccccc1N1CC2(C1)CN(c1nc(C3CC3)nc3ccc(CNCCN4CCOCC4)cc13)C2. The number of ether oxygens (including phenoxy) is 2. The van der Waals surface area contributed by atoms with Gasteiger partial charge in [-0.25, -0.2) is 9.97 Å². The topological polar surface area (TPSA) is 66.0 Å². The van der Waals surface area contributed by atoms with E-state index in [1.54, 1.807) is 7.11 Å². The molecule has 38 heavy (non-hydrogen) atoms. The lowest BCUT2D eigenvalue weighted by molar-refractivity contribution is 0.0384. The first kappa shape index (κ1) is 24.1. The maximum atomic E-state index is 5.60. The maximum Gasteiger partial charge on any atom is 0.142 e. The van der Waals surface area contributed by atoms with Crippen LogP contribution in [0.15, 0.2) is 42.5 Å². The van der Waals surface area contributed by atoms with Gasteiger partial charge in [-0.2, -0.15) is 0 Å². The van der Waals surface area contributed by atoms with Gasteiger partial charge in [0.1, 0.15) is 17.4 Å². The van der Waals surface area contributed by atoms with Crippen molar-refractivity contribution in [3.8, 4) is 5.75 Å². The van der Waals surface area contributed by atoms with Crippen LogP contribution in [0.25, 0.3) is 10.9 Å². The molecule has 1 aromatic heterocycles. The van der Waals surface area contributed by atoms with E-state index in [0.717, 1.165) is 95.0 Å². The first-order valence-corrected chi connectivity index (χ1v) is 14.1. The smallest absolute Gasteiger partial charge is 0.142 e. The molecule has 200 valence electrons. The molecule has 0 radical (unpaired) electrons. The van der Waals surface area contributed by atoms with Crippen LogP contribution in [-0.4, -0.2) is 87.5 Å². The lowest BCUT2D eigenvalue weighted by Gasteiger charge is -2.61. The number of nitrogens with one attached hydrogen (secondary N) is 1. The van der Waals surface area contributed by atoms with Gasteiger partial charge >= 0.3 is 0 Å². The monoisotopic (exact) mass is 514 g/mol. The highest BCUT2D eigenvalue weighted by Gasteiger charge is 2.53. The van der Waals surface area contributed by atoms with Crippen LogP contribution in [0.5, 0.6) is 5.75 Å². The number of hydrogen-bond donors (Lipinski definition) is 1. The van der Waals surface area contributed by atoms with Crippen LogP contribution in [0.2, 0.25) is 0 Å². The zero-order valence-electron chi connectivity index (χ0n) is 22.4. The fourth-order valence-corrected chi connectivity index (χ4v) is 6.28. The molecule has 4 fully saturated rings. The van der Waals surface area contributed by atoms with Crippen LogP contribution < -0.4 is 19.9 Å². The van der Waals surface area contributed by atoms with Gasteiger partial charge in [-0.3, -0.25) is 4.90 Å². The molecule has 3 aromatic rings. The number of fused-ring (bicyclic) bond motifs is 1. The highest BCUT2D eigenvalue weighted by molar-refractivity contribution is 5.90. The van der Waals surface area contributed by atoms with Crippen LogP contribution in [0, 0.1) is 5.41 Å². The Morgan fingerprint density at radius 2 is 1.79 bits per heavy atom. The van der Waals surface area contributed by atoms with Crippen molar-refractivity contribution < 1.29 is 9.47 Å². The Morgan fingerprint density at radius 1 is 1.00 bits per heavy atom. The molecule has 8 nitrogen and oxygen atoms in total. The van der Waals surface area contributed by atoms with E-state index >= 15 is 0 Å². The molecule has 0 atom stereocenters. The fourth-order valence-electron chi connectivity index (χ4n) is 6.28. The van der Waals surface area contributed by atoms with Crippen molar-refractivity contribution >= 4 is 22.4 Å². The molecular formula is C30H38N6O2. The molecule has 3 saturated heterocycles. The first-order chi connectivity index (χ1) is 18.7. The normalized spacial score (nSPS) is 21.0. The summed E-state index contributed by atoms with van der Waals surface area (Å²) in [7, 11) is 1.76.